The number of benzene rings is 3. The molecule has 29 heavy (non-hydrogen) atoms. The average Bonchev–Trinajstić information content (AvgIpc) is 3.17. The van der Waals surface area contributed by atoms with Crippen molar-refractivity contribution in [2.75, 3.05) is 13.1 Å². The molecule has 0 radical (unpaired) electrons. The molecule has 1 fully saturated rings. The first kappa shape index (κ1) is 19.8. The second-order valence-corrected chi connectivity index (χ2v) is 9.07. The van der Waals surface area contributed by atoms with Gasteiger partial charge in [0.2, 0.25) is 0 Å². The van der Waals surface area contributed by atoms with E-state index in [2.05, 4.69) is 29.2 Å². The normalized spacial score (nSPS) is 17.7. The fourth-order valence-corrected chi connectivity index (χ4v) is 4.99. The first-order valence-corrected chi connectivity index (χ1v) is 11.3. The quantitative estimate of drug-likeness (QED) is 0.562. The van der Waals surface area contributed by atoms with Gasteiger partial charge in [-0.3, -0.25) is 9.08 Å². The van der Waals surface area contributed by atoms with E-state index < -0.39 is 10.1 Å². The van der Waals surface area contributed by atoms with Crippen molar-refractivity contribution >= 4 is 10.1 Å². The van der Waals surface area contributed by atoms with Gasteiger partial charge in [0.05, 0.1) is 17.0 Å². The molecule has 0 aliphatic carbocycles. The van der Waals surface area contributed by atoms with Gasteiger partial charge in [-0.25, -0.2) is 0 Å². The molecule has 0 spiro atoms. The maximum absolute atomic E-state index is 12.7. The average molecular weight is 408 g/mol. The van der Waals surface area contributed by atoms with Gasteiger partial charge in [-0.1, -0.05) is 78.4 Å². The monoisotopic (exact) mass is 407 g/mol. The van der Waals surface area contributed by atoms with Crippen LogP contribution in [-0.2, 0) is 14.3 Å². The predicted octanol–water partition coefficient (Wildman–Crippen LogP) is 4.56. The van der Waals surface area contributed by atoms with Crippen molar-refractivity contribution in [1.82, 2.24) is 4.90 Å². The van der Waals surface area contributed by atoms with Crippen molar-refractivity contribution in [3.05, 3.63) is 102 Å². The van der Waals surface area contributed by atoms with E-state index in [1.807, 2.05) is 43.3 Å². The molecule has 5 heteroatoms. The first-order valence-electron chi connectivity index (χ1n) is 9.87. The maximum Gasteiger partial charge on any atom is 0.297 e. The van der Waals surface area contributed by atoms with Crippen molar-refractivity contribution in [2.24, 2.45) is 0 Å². The van der Waals surface area contributed by atoms with Crippen LogP contribution in [0.5, 0.6) is 0 Å². The third-order valence-corrected chi connectivity index (χ3v) is 6.72. The Hall–Kier alpha value is -2.47. The molecule has 0 aromatic heterocycles. The minimum atomic E-state index is -3.77. The molecule has 3 aromatic carbocycles. The summed E-state index contributed by atoms with van der Waals surface area (Å²) < 4.78 is 31.0. The molecule has 1 atom stereocenters. The van der Waals surface area contributed by atoms with Crippen molar-refractivity contribution < 1.29 is 12.6 Å². The molecule has 4 nitrogen and oxygen atoms in total. The van der Waals surface area contributed by atoms with Gasteiger partial charge in [-0.05, 0) is 36.6 Å². The molecule has 0 unspecified atom stereocenters. The summed E-state index contributed by atoms with van der Waals surface area (Å²) in [4.78, 5) is 2.52. The zero-order valence-corrected chi connectivity index (χ0v) is 17.3. The summed E-state index contributed by atoms with van der Waals surface area (Å²) in [5.74, 6) is 0. The van der Waals surface area contributed by atoms with Crippen LogP contribution in [0.4, 0.5) is 0 Å². The third-order valence-electron chi connectivity index (χ3n) is 5.34. The fraction of sp³-hybridized carbons (Fsp3) is 0.250. The highest BCUT2D eigenvalue weighted by molar-refractivity contribution is 7.86. The molecule has 1 aliphatic heterocycles. The standard InChI is InChI=1S/C24H25NO3S/c1-19-12-14-23(15-13-19)29(26,27)28-22-16-17-25(18-22)24(20-8-4-2-5-9-20)21-10-6-3-7-11-21/h2-15,22,24H,16-18H2,1H3/t22-/m0/s1. The van der Waals surface area contributed by atoms with Crippen LogP contribution in [0.15, 0.2) is 89.8 Å². The van der Waals surface area contributed by atoms with E-state index in [9.17, 15) is 8.42 Å². The lowest BCUT2D eigenvalue weighted by atomic mass is 9.97. The Bertz CT molecular complexity index is 995. The van der Waals surface area contributed by atoms with E-state index in [4.69, 9.17) is 4.18 Å². The van der Waals surface area contributed by atoms with Gasteiger partial charge < -0.3 is 0 Å². The van der Waals surface area contributed by atoms with Crippen LogP contribution in [0.2, 0.25) is 0 Å². The Balaban J connectivity index is 1.53. The van der Waals surface area contributed by atoms with Gasteiger partial charge in [0.15, 0.2) is 0 Å². The van der Waals surface area contributed by atoms with Crippen molar-refractivity contribution in [2.45, 2.75) is 30.4 Å². The summed E-state index contributed by atoms with van der Waals surface area (Å²) in [5, 5.41) is 0. The van der Waals surface area contributed by atoms with Gasteiger partial charge in [0.25, 0.3) is 10.1 Å². The zero-order chi connectivity index (χ0) is 20.3. The summed E-state index contributed by atoms with van der Waals surface area (Å²) in [6.07, 6.45) is 0.331. The molecule has 1 heterocycles. The zero-order valence-electron chi connectivity index (χ0n) is 16.4. The van der Waals surface area contributed by atoms with Crippen molar-refractivity contribution in [1.29, 1.82) is 0 Å². The minimum absolute atomic E-state index is 0.0769. The highest BCUT2D eigenvalue weighted by Gasteiger charge is 2.33. The van der Waals surface area contributed by atoms with E-state index in [1.54, 1.807) is 24.3 Å². The van der Waals surface area contributed by atoms with Crippen LogP contribution >= 0.6 is 0 Å². The number of likely N-dealkylation sites (tertiary alicyclic amines) is 1. The lowest BCUT2D eigenvalue weighted by molar-refractivity contribution is 0.194. The van der Waals surface area contributed by atoms with Crippen LogP contribution in [0.3, 0.4) is 0 Å². The van der Waals surface area contributed by atoms with Crippen molar-refractivity contribution in [3.8, 4) is 0 Å². The van der Waals surface area contributed by atoms with E-state index in [-0.39, 0.29) is 17.0 Å². The summed E-state index contributed by atoms with van der Waals surface area (Å²) in [5.41, 5.74) is 3.41. The van der Waals surface area contributed by atoms with Crippen LogP contribution in [0, 0.1) is 6.92 Å². The molecule has 0 bridgehead atoms. The largest absolute Gasteiger partial charge is 0.297 e. The van der Waals surface area contributed by atoms with E-state index in [0.717, 1.165) is 12.1 Å². The van der Waals surface area contributed by atoms with E-state index >= 15 is 0 Å². The number of rotatable bonds is 6. The van der Waals surface area contributed by atoms with Gasteiger partial charge in [-0.15, -0.1) is 0 Å². The number of hydrogen-bond acceptors (Lipinski definition) is 4. The summed E-state index contributed by atoms with van der Waals surface area (Å²) >= 11 is 0. The van der Waals surface area contributed by atoms with Crippen molar-refractivity contribution in [3.63, 3.8) is 0 Å². The molecule has 4 rings (SSSR count). The minimum Gasteiger partial charge on any atom is -0.290 e. The smallest absolute Gasteiger partial charge is 0.290 e. The molecule has 0 N–H and O–H groups in total. The molecule has 0 saturated carbocycles. The molecule has 1 aliphatic rings. The SMILES string of the molecule is Cc1ccc(S(=O)(=O)O[C@H]2CCN(C(c3ccccc3)c3ccccc3)C2)cc1. The molecule has 0 amide bonds. The number of hydrogen-bond donors (Lipinski definition) is 0. The van der Waals surface area contributed by atoms with Gasteiger partial charge in [0.1, 0.15) is 0 Å². The lowest BCUT2D eigenvalue weighted by Gasteiger charge is -2.28. The topological polar surface area (TPSA) is 46.6 Å². The second kappa shape index (κ2) is 8.49. The maximum atomic E-state index is 12.7. The number of aryl methyl sites for hydroxylation is 1. The van der Waals surface area contributed by atoms with Crippen LogP contribution in [0.1, 0.15) is 29.2 Å². The molecule has 1 saturated heterocycles. The molecule has 3 aromatic rings. The summed E-state index contributed by atoms with van der Waals surface area (Å²) in [6, 6.07) is 27.5. The Kier molecular flexibility index (Phi) is 5.81. The Morgan fingerprint density at radius 1 is 0.862 bits per heavy atom. The van der Waals surface area contributed by atoms with Crippen LogP contribution in [-0.4, -0.2) is 32.5 Å². The molecule has 150 valence electrons. The van der Waals surface area contributed by atoms with Gasteiger partial charge in [-0.2, -0.15) is 8.42 Å². The van der Waals surface area contributed by atoms with Gasteiger partial charge in [0, 0.05) is 13.1 Å². The first-order chi connectivity index (χ1) is 14.0. The van der Waals surface area contributed by atoms with E-state index in [0.29, 0.717) is 13.0 Å². The lowest BCUT2D eigenvalue weighted by Crippen LogP contribution is -2.29. The summed E-state index contributed by atoms with van der Waals surface area (Å²) in [7, 11) is -3.77. The Morgan fingerprint density at radius 3 is 1.97 bits per heavy atom. The Morgan fingerprint density at radius 2 is 1.41 bits per heavy atom. The Labute approximate surface area is 172 Å². The molecular weight excluding hydrogens is 382 g/mol. The highest BCUT2D eigenvalue weighted by Crippen LogP contribution is 2.33. The van der Waals surface area contributed by atoms with Crippen LogP contribution in [0.25, 0.3) is 0 Å². The molecular formula is C24H25NO3S. The highest BCUT2D eigenvalue weighted by atomic mass is 32.2. The summed E-state index contributed by atoms with van der Waals surface area (Å²) in [6.45, 7) is 3.28. The predicted molar refractivity (Wildman–Crippen MR) is 114 cm³/mol. The van der Waals surface area contributed by atoms with Gasteiger partial charge >= 0.3 is 0 Å². The third kappa shape index (κ3) is 4.58. The van der Waals surface area contributed by atoms with E-state index in [1.165, 1.54) is 11.1 Å². The fourth-order valence-electron chi connectivity index (χ4n) is 3.89. The second-order valence-electron chi connectivity index (χ2n) is 7.49. The van der Waals surface area contributed by atoms with Crippen LogP contribution < -0.4 is 0 Å². The number of nitrogens with zero attached hydrogens (tertiary/aromatic N) is 1.